The molecule has 5 aliphatic rings. The average Bonchev–Trinajstić information content (AvgIpc) is 3.90. The summed E-state index contributed by atoms with van der Waals surface area (Å²) >= 11 is 0. The van der Waals surface area contributed by atoms with E-state index in [-0.39, 0.29) is 47.8 Å². The third-order valence-corrected chi connectivity index (χ3v) is 13.8. The van der Waals surface area contributed by atoms with E-state index in [1.54, 1.807) is 0 Å². The SMILES string of the molecule is COC(=O)N[C@H](C(=O)N1[C@@H]2C[C@@H]2C[C@H]1c1nc2ccc(-c3ccc4cc(-c5cnc([C@@H]6C[C@H]7C[C@H]7N6C(=O)[C@@H](NC(=O)OC)C6CCOCC6)[nH]5)ccc4c3)cc2[nH]1)C(C)C. The molecule has 4 amide bonds. The lowest BCUT2D eigenvalue weighted by Crippen LogP contribution is -2.54. The van der Waals surface area contributed by atoms with E-state index in [2.05, 4.69) is 69.1 Å². The highest BCUT2D eigenvalue weighted by atomic mass is 16.5. The van der Waals surface area contributed by atoms with Gasteiger partial charge in [-0.25, -0.2) is 19.6 Å². The Morgan fingerprint density at radius 3 is 2.03 bits per heavy atom. The summed E-state index contributed by atoms with van der Waals surface area (Å²) in [6, 6.07) is 17.6. The summed E-state index contributed by atoms with van der Waals surface area (Å²) in [6.07, 6.45) is 5.65. The summed E-state index contributed by atoms with van der Waals surface area (Å²) in [5.41, 5.74) is 5.73. The second-order valence-corrected chi connectivity index (χ2v) is 17.9. The molecule has 0 unspecified atom stereocenters. The molecule has 2 saturated carbocycles. The van der Waals surface area contributed by atoms with Crippen LogP contribution in [0.1, 0.15) is 76.1 Å². The van der Waals surface area contributed by atoms with E-state index in [4.69, 9.17) is 24.2 Å². The van der Waals surface area contributed by atoms with E-state index in [9.17, 15) is 19.2 Å². The number of piperidine rings is 2. The number of methoxy groups -OCH3 is 2. The van der Waals surface area contributed by atoms with Crippen molar-refractivity contribution in [2.75, 3.05) is 27.4 Å². The number of hydrogen-bond donors (Lipinski definition) is 4. The number of ether oxygens (including phenoxy) is 3. The zero-order valence-electron chi connectivity index (χ0n) is 34.9. The van der Waals surface area contributed by atoms with Gasteiger partial charge in [0.25, 0.3) is 0 Å². The molecule has 3 aromatic carbocycles. The van der Waals surface area contributed by atoms with Gasteiger partial charge in [0.2, 0.25) is 11.8 Å². The van der Waals surface area contributed by atoms with Crippen molar-refractivity contribution in [3.05, 3.63) is 72.4 Å². The van der Waals surface area contributed by atoms with E-state index >= 15 is 0 Å². The van der Waals surface area contributed by atoms with Crippen LogP contribution in [-0.4, -0.2) is 105 Å². The number of rotatable bonds is 10. The summed E-state index contributed by atoms with van der Waals surface area (Å²) in [5.74, 6) is 2.09. The van der Waals surface area contributed by atoms with Crippen LogP contribution < -0.4 is 10.6 Å². The molecule has 61 heavy (non-hydrogen) atoms. The van der Waals surface area contributed by atoms with Crippen molar-refractivity contribution >= 4 is 45.8 Å². The van der Waals surface area contributed by atoms with Crippen molar-refractivity contribution in [2.45, 2.75) is 88.6 Å². The lowest BCUT2D eigenvalue weighted by atomic mass is 9.90. The molecule has 2 aromatic heterocycles. The molecule has 0 bridgehead atoms. The Morgan fingerprint density at radius 2 is 1.34 bits per heavy atom. The largest absolute Gasteiger partial charge is 0.453 e. The van der Waals surface area contributed by atoms with Crippen LogP contribution in [-0.2, 0) is 23.8 Å². The molecule has 5 heterocycles. The molecule has 0 radical (unpaired) electrons. The Kier molecular flexibility index (Phi) is 9.96. The number of carbonyl (C=O) groups excluding carboxylic acids is 4. The quantitative estimate of drug-likeness (QED) is 0.120. The summed E-state index contributed by atoms with van der Waals surface area (Å²) in [7, 11) is 2.63. The maximum atomic E-state index is 14.3. The second kappa shape index (κ2) is 15.5. The molecule has 2 aliphatic carbocycles. The van der Waals surface area contributed by atoms with Crippen LogP contribution in [0.3, 0.4) is 0 Å². The highest BCUT2D eigenvalue weighted by Crippen LogP contribution is 2.55. The molecule has 0 spiro atoms. The van der Waals surface area contributed by atoms with E-state index in [0.717, 1.165) is 81.5 Å². The minimum atomic E-state index is -0.684. The van der Waals surface area contributed by atoms with Gasteiger partial charge < -0.3 is 44.6 Å². The van der Waals surface area contributed by atoms with Gasteiger partial charge in [0, 0.05) is 30.9 Å². The van der Waals surface area contributed by atoms with E-state index in [1.165, 1.54) is 14.2 Å². The lowest BCUT2D eigenvalue weighted by Gasteiger charge is -2.35. The Balaban J connectivity index is 0.858. The number of imidazole rings is 2. The fourth-order valence-electron chi connectivity index (χ4n) is 10.3. The lowest BCUT2D eigenvalue weighted by molar-refractivity contribution is -0.138. The number of hydrogen-bond acceptors (Lipinski definition) is 9. The molecular formula is C46H52N8O7. The van der Waals surface area contributed by atoms with Crippen LogP contribution in [0.25, 0.3) is 44.2 Å². The molecule has 3 saturated heterocycles. The van der Waals surface area contributed by atoms with Crippen molar-refractivity contribution in [2.24, 2.45) is 23.7 Å². The summed E-state index contributed by atoms with van der Waals surface area (Å²) < 4.78 is 15.3. The number of fused-ring (bicyclic) bond motifs is 4. The summed E-state index contributed by atoms with van der Waals surface area (Å²) in [4.78, 5) is 73.4. The van der Waals surface area contributed by atoms with Crippen molar-refractivity contribution < 1.29 is 33.4 Å². The molecule has 15 nitrogen and oxygen atoms in total. The monoisotopic (exact) mass is 828 g/mol. The van der Waals surface area contributed by atoms with Crippen molar-refractivity contribution in [1.82, 2.24) is 40.4 Å². The van der Waals surface area contributed by atoms with Gasteiger partial charge in [0.1, 0.15) is 23.7 Å². The van der Waals surface area contributed by atoms with Gasteiger partial charge in [-0.3, -0.25) is 9.59 Å². The van der Waals surface area contributed by atoms with Crippen LogP contribution in [0.4, 0.5) is 9.59 Å². The number of nitrogens with one attached hydrogen (secondary N) is 4. The Hall–Kier alpha value is -5.96. The predicted octanol–water partition coefficient (Wildman–Crippen LogP) is 6.63. The summed E-state index contributed by atoms with van der Waals surface area (Å²) in [5, 5.41) is 7.79. The number of carbonyl (C=O) groups is 4. The van der Waals surface area contributed by atoms with Crippen LogP contribution in [0.5, 0.6) is 0 Å². The number of benzene rings is 3. The van der Waals surface area contributed by atoms with Gasteiger partial charge in [-0.15, -0.1) is 0 Å². The van der Waals surface area contributed by atoms with Gasteiger partial charge in [0.15, 0.2) is 0 Å². The maximum absolute atomic E-state index is 14.3. The standard InChI is InChI=1S/C46H52N8O7/c1-23(2)39(51-45(57)59-3)43(55)54-36-19-31(36)21-38(54)42-48-32-10-9-28(17-33(32)49-42)26-5-6-27-16-29(8-7-25(27)15-26)34-22-47-41(50-34)37-20-30-18-35(30)53(37)44(56)40(52-46(58)60-4)24-11-13-61-14-12-24/h5-10,15-17,22-24,30-31,35-40H,11-14,18-21H2,1-4H3,(H,47,50)(H,48,49)(H,51,57)(H,52,58)/t30-,31-,35-,36-,37+,38+,39+,40+/m1/s1. The number of nitrogens with zero attached hydrogens (tertiary/aromatic N) is 4. The fourth-order valence-corrected chi connectivity index (χ4v) is 10.3. The Morgan fingerprint density at radius 1 is 0.738 bits per heavy atom. The van der Waals surface area contributed by atoms with Gasteiger partial charge in [0.05, 0.1) is 49.2 Å². The first-order valence-electron chi connectivity index (χ1n) is 21.6. The van der Waals surface area contributed by atoms with Crippen LogP contribution >= 0.6 is 0 Å². The average molecular weight is 829 g/mol. The van der Waals surface area contributed by atoms with Crippen LogP contribution in [0, 0.1) is 23.7 Å². The minimum absolute atomic E-state index is 0.0230. The number of alkyl carbamates (subject to hydrolysis) is 2. The van der Waals surface area contributed by atoms with E-state index in [0.29, 0.717) is 37.9 Å². The normalized spacial score (nSPS) is 25.3. The number of aromatic amines is 2. The van der Waals surface area contributed by atoms with Crippen molar-refractivity contribution in [1.29, 1.82) is 0 Å². The van der Waals surface area contributed by atoms with Crippen LogP contribution in [0.15, 0.2) is 60.8 Å². The van der Waals surface area contributed by atoms with E-state index in [1.807, 2.05) is 35.9 Å². The molecule has 5 fully saturated rings. The molecule has 318 valence electrons. The highest BCUT2D eigenvalue weighted by molar-refractivity contribution is 5.92. The molecular weight excluding hydrogens is 777 g/mol. The number of amides is 4. The smallest absolute Gasteiger partial charge is 0.407 e. The van der Waals surface area contributed by atoms with Gasteiger partial charge >= 0.3 is 12.2 Å². The first-order valence-corrected chi connectivity index (χ1v) is 21.6. The summed E-state index contributed by atoms with van der Waals surface area (Å²) in [6.45, 7) is 4.98. The third-order valence-electron chi connectivity index (χ3n) is 13.8. The third kappa shape index (κ3) is 7.25. The van der Waals surface area contributed by atoms with E-state index < -0.39 is 24.3 Å². The van der Waals surface area contributed by atoms with Crippen LogP contribution in [0.2, 0.25) is 0 Å². The van der Waals surface area contributed by atoms with Gasteiger partial charge in [-0.05, 0) is 108 Å². The highest BCUT2D eigenvalue weighted by Gasteiger charge is 2.57. The Bertz CT molecular complexity index is 2530. The zero-order chi connectivity index (χ0) is 42.1. The maximum Gasteiger partial charge on any atom is 0.407 e. The fraction of sp³-hybridized carbons (Fsp3) is 0.478. The Labute approximate surface area is 353 Å². The molecule has 5 aromatic rings. The number of H-pyrrole nitrogens is 2. The molecule has 10 rings (SSSR count). The first-order chi connectivity index (χ1) is 29.6. The minimum Gasteiger partial charge on any atom is -0.453 e. The zero-order valence-corrected chi connectivity index (χ0v) is 34.9. The molecule has 3 aliphatic heterocycles. The second-order valence-electron chi connectivity index (χ2n) is 17.9. The first kappa shape index (κ1) is 39.2. The molecule has 4 N–H and O–H groups in total. The number of aromatic nitrogens is 4. The van der Waals surface area contributed by atoms with Crippen molar-refractivity contribution in [3.63, 3.8) is 0 Å². The van der Waals surface area contributed by atoms with Gasteiger partial charge in [-0.1, -0.05) is 44.2 Å². The predicted molar refractivity (Wildman–Crippen MR) is 226 cm³/mol. The number of likely N-dealkylation sites (tertiary alicyclic amines) is 2. The van der Waals surface area contributed by atoms with Gasteiger partial charge in [-0.2, -0.15) is 0 Å². The topological polar surface area (TPSA) is 184 Å². The molecule has 15 heteroatoms. The van der Waals surface area contributed by atoms with Crippen molar-refractivity contribution in [3.8, 4) is 22.4 Å². The molecule has 8 atom stereocenters.